The lowest BCUT2D eigenvalue weighted by Crippen LogP contribution is -1.98. The fourth-order valence-electron chi connectivity index (χ4n) is 1.44. The van der Waals surface area contributed by atoms with Crippen LogP contribution in [-0.2, 0) is 6.61 Å². The highest BCUT2D eigenvalue weighted by molar-refractivity contribution is 6.30. The van der Waals surface area contributed by atoms with Crippen LogP contribution in [0.4, 0.5) is 5.69 Å². The molecule has 0 aliphatic carbocycles. The summed E-state index contributed by atoms with van der Waals surface area (Å²) in [7, 11) is 0. The molecule has 19 heavy (non-hydrogen) atoms. The van der Waals surface area contributed by atoms with E-state index in [0.717, 1.165) is 0 Å². The summed E-state index contributed by atoms with van der Waals surface area (Å²) in [4.78, 5) is 20.7. The minimum absolute atomic E-state index is 0.0327. The number of aldehydes is 1. The van der Waals surface area contributed by atoms with Crippen LogP contribution in [0.1, 0.15) is 16.3 Å². The van der Waals surface area contributed by atoms with Gasteiger partial charge in [0.25, 0.3) is 0 Å². The van der Waals surface area contributed by atoms with Crippen LogP contribution < -0.4 is 4.74 Å². The smallest absolute Gasteiger partial charge is 0.311 e. The molecule has 0 atom stereocenters. The number of carbonyl (C=O) groups is 1. The second-order valence-electron chi connectivity index (χ2n) is 3.58. The number of hydrogen-bond donors (Lipinski definition) is 0. The number of benzene rings is 1. The van der Waals surface area contributed by atoms with E-state index in [0.29, 0.717) is 17.1 Å². The molecule has 1 aromatic heterocycles. The second-order valence-corrected chi connectivity index (χ2v) is 4.02. The number of furan rings is 1. The first-order valence-corrected chi connectivity index (χ1v) is 5.58. The Labute approximate surface area is 112 Å². The van der Waals surface area contributed by atoms with Crippen LogP contribution >= 0.6 is 11.6 Å². The molecular formula is C12H8ClNO5. The number of hydrogen-bond acceptors (Lipinski definition) is 5. The molecule has 98 valence electrons. The number of rotatable bonds is 5. The third-order valence-electron chi connectivity index (χ3n) is 2.29. The van der Waals surface area contributed by atoms with Gasteiger partial charge in [-0.15, -0.1) is 0 Å². The van der Waals surface area contributed by atoms with E-state index in [4.69, 9.17) is 20.8 Å². The van der Waals surface area contributed by atoms with Gasteiger partial charge in [0, 0.05) is 17.2 Å². The Kier molecular flexibility index (Phi) is 3.82. The third-order valence-corrected chi connectivity index (χ3v) is 2.52. The molecule has 0 saturated heterocycles. The van der Waals surface area contributed by atoms with E-state index in [2.05, 4.69) is 0 Å². The van der Waals surface area contributed by atoms with Crippen molar-refractivity contribution in [3.05, 3.63) is 57.0 Å². The van der Waals surface area contributed by atoms with E-state index in [-0.39, 0.29) is 23.8 Å². The lowest BCUT2D eigenvalue weighted by Gasteiger charge is -2.05. The number of carbonyl (C=O) groups excluding carboxylic acids is 1. The molecule has 7 heteroatoms. The molecule has 0 amide bonds. The van der Waals surface area contributed by atoms with Crippen LogP contribution in [-0.4, -0.2) is 11.2 Å². The normalized spacial score (nSPS) is 10.2. The van der Waals surface area contributed by atoms with Gasteiger partial charge in [0.1, 0.15) is 12.4 Å². The van der Waals surface area contributed by atoms with Crippen molar-refractivity contribution in [2.75, 3.05) is 0 Å². The number of nitro benzene ring substituents is 1. The molecular weight excluding hydrogens is 274 g/mol. The fraction of sp³-hybridized carbons (Fsp3) is 0.0833. The van der Waals surface area contributed by atoms with E-state index in [1.165, 1.54) is 24.3 Å². The summed E-state index contributed by atoms with van der Waals surface area (Å²) in [6.07, 6.45) is 0.561. The maximum absolute atomic E-state index is 10.8. The highest BCUT2D eigenvalue weighted by Crippen LogP contribution is 2.30. The van der Waals surface area contributed by atoms with Crippen molar-refractivity contribution < 1.29 is 18.9 Å². The van der Waals surface area contributed by atoms with Gasteiger partial charge >= 0.3 is 5.69 Å². The van der Waals surface area contributed by atoms with Crippen LogP contribution in [0.15, 0.2) is 34.7 Å². The number of nitro groups is 1. The zero-order valence-corrected chi connectivity index (χ0v) is 10.3. The van der Waals surface area contributed by atoms with Crippen LogP contribution in [0.2, 0.25) is 5.02 Å². The molecule has 2 aromatic rings. The van der Waals surface area contributed by atoms with Crippen LogP contribution in [0, 0.1) is 10.1 Å². The zero-order valence-electron chi connectivity index (χ0n) is 9.54. The van der Waals surface area contributed by atoms with E-state index < -0.39 is 4.92 Å². The summed E-state index contributed by atoms with van der Waals surface area (Å²) in [5.41, 5.74) is -0.188. The van der Waals surface area contributed by atoms with E-state index >= 15 is 0 Å². The van der Waals surface area contributed by atoms with Crippen LogP contribution in [0.3, 0.4) is 0 Å². The van der Waals surface area contributed by atoms with E-state index in [1.54, 1.807) is 6.07 Å². The highest BCUT2D eigenvalue weighted by Gasteiger charge is 2.16. The largest absolute Gasteiger partial charge is 0.479 e. The van der Waals surface area contributed by atoms with Crippen molar-refractivity contribution in [2.24, 2.45) is 0 Å². The molecule has 1 aromatic carbocycles. The van der Waals surface area contributed by atoms with E-state index in [1.807, 2.05) is 0 Å². The summed E-state index contributed by atoms with van der Waals surface area (Å²) >= 11 is 5.76. The number of nitrogens with zero attached hydrogens (tertiary/aromatic N) is 1. The summed E-state index contributed by atoms with van der Waals surface area (Å²) in [5, 5.41) is 11.1. The average molecular weight is 282 g/mol. The number of ether oxygens (including phenoxy) is 1. The summed E-state index contributed by atoms with van der Waals surface area (Å²) in [6, 6.07) is 7.06. The first kappa shape index (κ1) is 13.1. The molecule has 0 fully saturated rings. The molecule has 0 unspecified atom stereocenters. The fourth-order valence-corrected chi connectivity index (χ4v) is 1.60. The van der Waals surface area contributed by atoms with Crippen LogP contribution in [0.25, 0.3) is 0 Å². The van der Waals surface area contributed by atoms with Crippen molar-refractivity contribution in [3.8, 4) is 5.75 Å². The second kappa shape index (κ2) is 5.53. The Morgan fingerprint density at radius 2 is 2.16 bits per heavy atom. The average Bonchev–Trinajstić information content (AvgIpc) is 2.84. The molecule has 6 nitrogen and oxygen atoms in total. The van der Waals surface area contributed by atoms with Gasteiger partial charge in [-0.25, -0.2) is 0 Å². The minimum atomic E-state index is -0.565. The molecule has 0 aliphatic rings. The van der Waals surface area contributed by atoms with Gasteiger partial charge in [0.2, 0.25) is 0 Å². The monoisotopic (exact) mass is 281 g/mol. The zero-order chi connectivity index (χ0) is 13.8. The van der Waals surface area contributed by atoms with Gasteiger partial charge in [0.15, 0.2) is 17.8 Å². The lowest BCUT2D eigenvalue weighted by atomic mass is 10.3. The third kappa shape index (κ3) is 3.11. The van der Waals surface area contributed by atoms with Crippen molar-refractivity contribution in [1.82, 2.24) is 0 Å². The molecule has 0 radical (unpaired) electrons. The maximum Gasteiger partial charge on any atom is 0.311 e. The van der Waals surface area contributed by atoms with Crippen molar-refractivity contribution in [3.63, 3.8) is 0 Å². The van der Waals surface area contributed by atoms with Gasteiger partial charge in [-0.1, -0.05) is 11.6 Å². The molecule has 0 bridgehead atoms. The quantitative estimate of drug-likeness (QED) is 0.477. The summed E-state index contributed by atoms with van der Waals surface area (Å²) < 4.78 is 10.4. The number of halogens is 1. The van der Waals surface area contributed by atoms with Gasteiger partial charge in [0.05, 0.1) is 4.92 Å². The Morgan fingerprint density at radius 1 is 1.37 bits per heavy atom. The summed E-state index contributed by atoms with van der Waals surface area (Å²) in [5.74, 6) is 0.595. The van der Waals surface area contributed by atoms with Gasteiger partial charge < -0.3 is 9.15 Å². The minimum Gasteiger partial charge on any atom is -0.479 e. The molecule has 0 aliphatic heterocycles. The Morgan fingerprint density at radius 3 is 2.79 bits per heavy atom. The molecule has 0 N–H and O–H groups in total. The highest BCUT2D eigenvalue weighted by atomic mass is 35.5. The van der Waals surface area contributed by atoms with Crippen molar-refractivity contribution in [1.29, 1.82) is 0 Å². The Bertz CT molecular complexity index is 622. The first-order chi connectivity index (χ1) is 9.10. The van der Waals surface area contributed by atoms with Crippen molar-refractivity contribution in [2.45, 2.75) is 6.61 Å². The topological polar surface area (TPSA) is 82.6 Å². The van der Waals surface area contributed by atoms with Gasteiger partial charge in [-0.05, 0) is 18.2 Å². The van der Waals surface area contributed by atoms with Gasteiger partial charge in [-0.3, -0.25) is 14.9 Å². The lowest BCUT2D eigenvalue weighted by molar-refractivity contribution is -0.386. The predicted molar refractivity (Wildman–Crippen MR) is 66.5 cm³/mol. The molecule has 2 rings (SSSR count). The molecule has 1 heterocycles. The van der Waals surface area contributed by atoms with Crippen molar-refractivity contribution >= 4 is 23.6 Å². The molecule has 0 saturated carbocycles. The molecule has 0 spiro atoms. The van der Waals surface area contributed by atoms with Crippen LogP contribution in [0.5, 0.6) is 5.75 Å². The van der Waals surface area contributed by atoms with E-state index in [9.17, 15) is 14.9 Å². The predicted octanol–water partition coefficient (Wildman–Crippen LogP) is 3.23. The SMILES string of the molecule is O=Cc1ccc(COc2cc(Cl)ccc2[N+](=O)[O-])o1. The Hall–Kier alpha value is -2.34. The first-order valence-electron chi connectivity index (χ1n) is 5.21. The standard InChI is InChI=1S/C12H8ClNO5/c13-8-1-4-11(14(16)17)12(5-8)18-7-10-3-2-9(6-15)19-10/h1-6H,7H2. The summed E-state index contributed by atoms with van der Waals surface area (Å²) in [6.45, 7) is -0.0327. The van der Waals surface area contributed by atoms with Gasteiger partial charge in [-0.2, -0.15) is 0 Å². The Balaban J connectivity index is 2.16. The maximum atomic E-state index is 10.8.